The highest BCUT2D eigenvalue weighted by Gasteiger charge is 2.23. The highest BCUT2D eigenvalue weighted by atomic mass is 16.2. The number of rotatable bonds is 1. The van der Waals surface area contributed by atoms with Crippen LogP contribution in [0.3, 0.4) is 0 Å². The Kier molecular flexibility index (Phi) is 1.34. The third-order valence-corrected chi connectivity index (χ3v) is 1.76. The molecule has 0 spiro atoms. The molecule has 1 aromatic rings. The standard InChI is InChI=1S/C6H8N4O/c11-6(10-2-1-3-10)5-7-4-8-9-5/h4H,1-3H2,(H,7,8,9). The first-order valence-electron chi connectivity index (χ1n) is 3.52. The number of hydrogen-bond acceptors (Lipinski definition) is 3. The van der Waals surface area contributed by atoms with Crippen molar-refractivity contribution >= 4 is 5.91 Å². The van der Waals surface area contributed by atoms with Crippen LogP contribution in [0.2, 0.25) is 0 Å². The van der Waals surface area contributed by atoms with Gasteiger partial charge in [-0.25, -0.2) is 4.98 Å². The van der Waals surface area contributed by atoms with E-state index in [9.17, 15) is 4.79 Å². The van der Waals surface area contributed by atoms with Crippen LogP contribution in [-0.4, -0.2) is 39.1 Å². The van der Waals surface area contributed by atoms with Crippen molar-refractivity contribution in [1.82, 2.24) is 20.1 Å². The van der Waals surface area contributed by atoms with E-state index in [1.165, 1.54) is 6.33 Å². The summed E-state index contributed by atoms with van der Waals surface area (Å²) in [7, 11) is 0. The molecule has 1 aliphatic rings. The largest absolute Gasteiger partial charge is 0.336 e. The molecule has 0 unspecified atom stereocenters. The minimum Gasteiger partial charge on any atom is -0.336 e. The molecule has 1 aliphatic heterocycles. The van der Waals surface area contributed by atoms with Gasteiger partial charge in [0.1, 0.15) is 6.33 Å². The molecule has 0 aromatic carbocycles. The molecule has 5 nitrogen and oxygen atoms in total. The van der Waals surface area contributed by atoms with Crippen molar-refractivity contribution in [3.63, 3.8) is 0 Å². The molecule has 11 heavy (non-hydrogen) atoms. The van der Waals surface area contributed by atoms with Gasteiger partial charge in [-0.05, 0) is 6.42 Å². The van der Waals surface area contributed by atoms with Crippen LogP contribution < -0.4 is 0 Å². The summed E-state index contributed by atoms with van der Waals surface area (Å²) in [5.74, 6) is 0.290. The summed E-state index contributed by atoms with van der Waals surface area (Å²) in [6, 6.07) is 0. The molecule has 0 aliphatic carbocycles. The Bertz CT molecular complexity index is 252. The van der Waals surface area contributed by atoms with E-state index in [1.54, 1.807) is 4.90 Å². The first-order valence-corrected chi connectivity index (χ1v) is 3.52. The van der Waals surface area contributed by atoms with Crippen molar-refractivity contribution in [2.45, 2.75) is 6.42 Å². The van der Waals surface area contributed by atoms with Crippen molar-refractivity contribution < 1.29 is 4.79 Å². The minimum atomic E-state index is -0.0475. The molecule has 2 heterocycles. The van der Waals surface area contributed by atoms with E-state index in [0.717, 1.165) is 19.5 Å². The summed E-state index contributed by atoms with van der Waals surface area (Å²) < 4.78 is 0. The van der Waals surface area contributed by atoms with Gasteiger partial charge >= 0.3 is 0 Å². The van der Waals surface area contributed by atoms with E-state index in [0.29, 0.717) is 5.82 Å². The molecule has 0 saturated carbocycles. The fourth-order valence-electron chi connectivity index (χ4n) is 0.978. The summed E-state index contributed by atoms with van der Waals surface area (Å²) in [5.41, 5.74) is 0. The van der Waals surface area contributed by atoms with Gasteiger partial charge in [-0.2, -0.15) is 5.10 Å². The quantitative estimate of drug-likeness (QED) is 0.598. The molecule has 0 radical (unpaired) electrons. The molecule has 58 valence electrons. The van der Waals surface area contributed by atoms with Crippen LogP contribution in [-0.2, 0) is 0 Å². The zero-order valence-electron chi connectivity index (χ0n) is 5.95. The molecule has 0 atom stereocenters. The van der Waals surface area contributed by atoms with Crippen LogP contribution in [0.15, 0.2) is 6.33 Å². The van der Waals surface area contributed by atoms with Crippen LogP contribution in [0.25, 0.3) is 0 Å². The first-order chi connectivity index (χ1) is 5.38. The summed E-state index contributed by atoms with van der Waals surface area (Å²) in [5, 5.41) is 6.13. The van der Waals surface area contributed by atoms with Crippen LogP contribution in [0, 0.1) is 0 Å². The van der Waals surface area contributed by atoms with E-state index < -0.39 is 0 Å². The highest BCUT2D eigenvalue weighted by Crippen LogP contribution is 2.08. The van der Waals surface area contributed by atoms with Crippen molar-refractivity contribution in [3.8, 4) is 0 Å². The van der Waals surface area contributed by atoms with Crippen molar-refractivity contribution in [3.05, 3.63) is 12.2 Å². The number of amides is 1. The van der Waals surface area contributed by atoms with Gasteiger partial charge in [0, 0.05) is 13.1 Å². The lowest BCUT2D eigenvalue weighted by Crippen LogP contribution is -2.42. The Balaban J connectivity index is 2.10. The van der Waals surface area contributed by atoms with Crippen molar-refractivity contribution in [1.29, 1.82) is 0 Å². The lowest BCUT2D eigenvalue weighted by atomic mass is 10.2. The molecule has 0 bridgehead atoms. The van der Waals surface area contributed by atoms with E-state index in [2.05, 4.69) is 15.2 Å². The van der Waals surface area contributed by atoms with Gasteiger partial charge in [0.05, 0.1) is 0 Å². The highest BCUT2D eigenvalue weighted by molar-refractivity contribution is 5.90. The molecular formula is C6H8N4O. The topological polar surface area (TPSA) is 61.9 Å². The van der Waals surface area contributed by atoms with Gasteiger partial charge in [0.25, 0.3) is 5.91 Å². The molecular weight excluding hydrogens is 144 g/mol. The number of nitrogens with one attached hydrogen (secondary N) is 1. The van der Waals surface area contributed by atoms with Crippen LogP contribution >= 0.6 is 0 Å². The second kappa shape index (κ2) is 2.34. The second-order valence-corrected chi connectivity index (χ2v) is 2.48. The Morgan fingerprint density at radius 1 is 1.64 bits per heavy atom. The summed E-state index contributed by atoms with van der Waals surface area (Å²) >= 11 is 0. The Morgan fingerprint density at radius 2 is 2.45 bits per heavy atom. The predicted molar refractivity (Wildman–Crippen MR) is 36.9 cm³/mol. The maximum atomic E-state index is 11.3. The van der Waals surface area contributed by atoms with Crippen LogP contribution in [0.5, 0.6) is 0 Å². The number of hydrogen-bond donors (Lipinski definition) is 1. The number of aromatic amines is 1. The fraction of sp³-hybridized carbons (Fsp3) is 0.500. The lowest BCUT2D eigenvalue weighted by molar-refractivity contribution is 0.0639. The fourth-order valence-corrected chi connectivity index (χ4v) is 0.978. The zero-order chi connectivity index (χ0) is 7.68. The van der Waals surface area contributed by atoms with Crippen molar-refractivity contribution in [2.24, 2.45) is 0 Å². The SMILES string of the molecule is O=C(c1ncn[nH]1)N1CCC1. The Morgan fingerprint density at radius 3 is 2.91 bits per heavy atom. The van der Waals surface area contributed by atoms with Gasteiger partial charge in [-0.15, -0.1) is 0 Å². The average Bonchev–Trinajstić information content (AvgIpc) is 2.32. The summed E-state index contributed by atoms with van der Waals surface area (Å²) in [6.07, 6.45) is 2.44. The van der Waals surface area contributed by atoms with Crippen molar-refractivity contribution in [2.75, 3.05) is 13.1 Å². The lowest BCUT2D eigenvalue weighted by Gasteiger charge is -2.29. The van der Waals surface area contributed by atoms with Gasteiger partial charge in [0.15, 0.2) is 0 Å². The first kappa shape index (κ1) is 6.33. The smallest absolute Gasteiger partial charge is 0.291 e. The maximum absolute atomic E-state index is 11.3. The van der Waals surface area contributed by atoms with Gasteiger partial charge < -0.3 is 4.90 Å². The third-order valence-electron chi connectivity index (χ3n) is 1.76. The third kappa shape index (κ3) is 0.978. The number of H-pyrrole nitrogens is 1. The molecule has 2 rings (SSSR count). The van der Waals surface area contributed by atoms with Gasteiger partial charge in [0.2, 0.25) is 5.82 Å². The molecule has 5 heteroatoms. The number of aromatic nitrogens is 3. The zero-order valence-corrected chi connectivity index (χ0v) is 5.95. The van der Waals surface area contributed by atoms with E-state index in [1.807, 2.05) is 0 Å². The monoisotopic (exact) mass is 152 g/mol. The van der Waals surface area contributed by atoms with E-state index in [-0.39, 0.29) is 5.91 Å². The molecule has 1 amide bonds. The van der Waals surface area contributed by atoms with Crippen LogP contribution in [0.1, 0.15) is 17.0 Å². The average molecular weight is 152 g/mol. The Labute approximate surface area is 63.4 Å². The maximum Gasteiger partial charge on any atom is 0.291 e. The number of carbonyl (C=O) groups is 1. The van der Waals surface area contributed by atoms with Gasteiger partial charge in [-0.3, -0.25) is 9.89 Å². The Hall–Kier alpha value is -1.39. The second-order valence-electron chi connectivity index (χ2n) is 2.48. The normalized spacial score (nSPS) is 16.2. The number of nitrogens with zero attached hydrogens (tertiary/aromatic N) is 3. The number of likely N-dealkylation sites (tertiary alicyclic amines) is 1. The summed E-state index contributed by atoms with van der Waals surface area (Å²) in [6.45, 7) is 1.69. The van der Waals surface area contributed by atoms with Gasteiger partial charge in [-0.1, -0.05) is 0 Å². The van der Waals surface area contributed by atoms with E-state index >= 15 is 0 Å². The molecule has 1 N–H and O–H groups in total. The minimum absolute atomic E-state index is 0.0475. The van der Waals surface area contributed by atoms with Crippen LogP contribution in [0.4, 0.5) is 0 Å². The molecule has 1 aromatic heterocycles. The number of carbonyl (C=O) groups excluding carboxylic acids is 1. The molecule has 1 saturated heterocycles. The predicted octanol–water partition coefficient (Wildman–Crippen LogP) is -0.349. The molecule has 1 fully saturated rings. The summed E-state index contributed by atoms with van der Waals surface area (Å²) in [4.78, 5) is 16.8. The van der Waals surface area contributed by atoms with E-state index in [4.69, 9.17) is 0 Å².